The van der Waals surface area contributed by atoms with Crippen LogP contribution in [0.4, 0.5) is 0 Å². The fraction of sp³-hybridized carbons (Fsp3) is 1.00. The van der Waals surface area contributed by atoms with Crippen molar-refractivity contribution in [2.24, 2.45) is 0 Å². The molecule has 0 amide bonds. The first-order valence-corrected chi connectivity index (χ1v) is 6.81. The van der Waals surface area contributed by atoms with Gasteiger partial charge in [-0.2, -0.15) is 8.42 Å². The minimum Gasteiger partial charge on any atom is -0.394 e. The SMILES string of the molecule is C[C@@H](OS(C)(=O)=O)[C@H]1OC(C)(C)O[C@H]1CO. The van der Waals surface area contributed by atoms with E-state index in [0.29, 0.717) is 0 Å². The van der Waals surface area contributed by atoms with E-state index in [4.69, 9.17) is 18.8 Å². The summed E-state index contributed by atoms with van der Waals surface area (Å²) in [6.45, 7) is 4.72. The van der Waals surface area contributed by atoms with Crippen molar-refractivity contribution in [3.05, 3.63) is 0 Å². The van der Waals surface area contributed by atoms with E-state index in [2.05, 4.69) is 0 Å². The third kappa shape index (κ3) is 3.67. The standard InChI is InChI=1S/C9H18O6S/c1-6(15-16(4,11)12)8-7(5-10)13-9(2,3)14-8/h6-8,10H,5H2,1-4H3/t6-,7+,8-/m1/s1. The van der Waals surface area contributed by atoms with Crippen LogP contribution in [0.5, 0.6) is 0 Å². The average Bonchev–Trinajstić information content (AvgIpc) is 2.38. The van der Waals surface area contributed by atoms with Gasteiger partial charge in [0.25, 0.3) is 10.1 Å². The Morgan fingerprint density at radius 2 is 2.00 bits per heavy atom. The van der Waals surface area contributed by atoms with Crippen LogP contribution in [0.1, 0.15) is 20.8 Å². The Balaban J connectivity index is 2.72. The van der Waals surface area contributed by atoms with E-state index in [1.165, 1.54) is 0 Å². The van der Waals surface area contributed by atoms with Gasteiger partial charge >= 0.3 is 0 Å². The maximum atomic E-state index is 11.0. The van der Waals surface area contributed by atoms with Crippen LogP contribution >= 0.6 is 0 Å². The van der Waals surface area contributed by atoms with Gasteiger partial charge in [0.1, 0.15) is 18.3 Å². The van der Waals surface area contributed by atoms with Crippen molar-refractivity contribution in [1.82, 2.24) is 0 Å². The van der Waals surface area contributed by atoms with Crippen molar-refractivity contribution in [2.75, 3.05) is 12.9 Å². The largest absolute Gasteiger partial charge is 0.394 e. The van der Waals surface area contributed by atoms with Crippen LogP contribution in [0, 0.1) is 0 Å². The van der Waals surface area contributed by atoms with Crippen molar-refractivity contribution in [3.8, 4) is 0 Å². The second-order valence-electron chi connectivity index (χ2n) is 4.33. The average molecular weight is 254 g/mol. The summed E-state index contributed by atoms with van der Waals surface area (Å²) in [6, 6.07) is 0. The fourth-order valence-electron chi connectivity index (χ4n) is 1.73. The highest BCUT2D eigenvalue weighted by molar-refractivity contribution is 7.86. The highest BCUT2D eigenvalue weighted by atomic mass is 32.2. The Morgan fingerprint density at radius 3 is 2.44 bits per heavy atom. The smallest absolute Gasteiger partial charge is 0.264 e. The summed E-state index contributed by atoms with van der Waals surface area (Å²) in [5, 5.41) is 9.11. The Bertz CT molecular complexity index is 336. The van der Waals surface area contributed by atoms with Crippen LogP contribution in [0.15, 0.2) is 0 Å². The molecule has 0 saturated carbocycles. The predicted octanol–water partition coefficient (Wildman–Crippen LogP) is -0.137. The zero-order valence-corrected chi connectivity index (χ0v) is 10.7. The first-order valence-electron chi connectivity index (χ1n) is 4.99. The molecule has 1 fully saturated rings. The first kappa shape index (κ1) is 13.9. The van der Waals surface area contributed by atoms with Crippen molar-refractivity contribution in [1.29, 1.82) is 0 Å². The van der Waals surface area contributed by atoms with Gasteiger partial charge in [-0.3, -0.25) is 4.18 Å². The molecule has 0 aromatic rings. The van der Waals surface area contributed by atoms with Crippen LogP contribution in [-0.2, 0) is 23.8 Å². The molecule has 0 aliphatic carbocycles. The summed E-state index contributed by atoms with van der Waals surface area (Å²) in [6.07, 6.45) is -0.909. The lowest BCUT2D eigenvalue weighted by atomic mass is 10.1. The van der Waals surface area contributed by atoms with Crippen molar-refractivity contribution in [3.63, 3.8) is 0 Å². The van der Waals surface area contributed by atoms with Gasteiger partial charge < -0.3 is 14.6 Å². The quantitative estimate of drug-likeness (QED) is 0.703. The molecule has 7 heteroatoms. The third-order valence-corrected chi connectivity index (χ3v) is 2.84. The highest BCUT2D eigenvalue weighted by Crippen LogP contribution is 2.30. The summed E-state index contributed by atoms with van der Waals surface area (Å²) in [5.41, 5.74) is 0. The summed E-state index contributed by atoms with van der Waals surface area (Å²) in [4.78, 5) is 0. The van der Waals surface area contributed by atoms with Gasteiger partial charge in [-0.1, -0.05) is 0 Å². The normalized spacial score (nSPS) is 31.6. The number of aliphatic hydroxyl groups is 1. The van der Waals surface area contributed by atoms with Gasteiger partial charge in [0.15, 0.2) is 5.79 Å². The maximum Gasteiger partial charge on any atom is 0.264 e. The molecule has 0 bridgehead atoms. The lowest BCUT2D eigenvalue weighted by Gasteiger charge is -2.21. The molecular weight excluding hydrogens is 236 g/mol. The zero-order valence-electron chi connectivity index (χ0n) is 9.84. The molecule has 1 aliphatic heterocycles. The van der Waals surface area contributed by atoms with Crippen LogP contribution in [-0.4, -0.2) is 50.5 Å². The summed E-state index contributed by atoms with van der Waals surface area (Å²) < 4.78 is 37.6. The molecule has 0 aromatic heterocycles. The molecule has 1 heterocycles. The van der Waals surface area contributed by atoms with E-state index >= 15 is 0 Å². The van der Waals surface area contributed by atoms with Gasteiger partial charge in [-0.25, -0.2) is 0 Å². The number of aliphatic hydroxyl groups excluding tert-OH is 1. The summed E-state index contributed by atoms with van der Waals surface area (Å²) in [7, 11) is -3.55. The predicted molar refractivity (Wildman–Crippen MR) is 56.3 cm³/mol. The molecule has 1 N–H and O–H groups in total. The summed E-state index contributed by atoms with van der Waals surface area (Å²) in [5.74, 6) is -0.840. The van der Waals surface area contributed by atoms with E-state index in [-0.39, 0.29) is 6.61 Å². The first-order chi connectivity index (χ1) is 7.14. The van der Waals surface area contributed by atoms with Crippen LogP contribution in [0.25, 0.3) is 0 Å². The Labute approximate surface area is 95.6 Å². The van der Waals surface area contributed by atoms with Crippen LogP contribution < -0.4 is 0 Å². The minimum absolute atomic E-state index is 0.244. The van der Waals surface area contributed by atoms with Gasteiger partial charge in [0.05, 0.1) is 12.9 Å². The molecule has 1 rings (SSSR count). The van der Waals surface area contributed by atoms with Gasteiger partial charge in [0.2, 0.25) is 0 Å². The lowest BCUT2D eigenvalue weighted by Crippen LogP contribution is -2.38. The Kier molecular flexibility index (Phi) is 3.96. The highest BCUT2D eigenvalue weighted by Gasteiger charge is 2.44. The van der Waals surface area contributed by atoms with E-state index in [1.54, 1.807) is 20.8 Å². The molecule has 6 nitrogen and oxygen atoms in total. The van der Waals surface area contributed by atoms with E-state index in [9.17, 15) is 8.42 Å². The van der Waals surface area contributed by atoms with Crippen molar-refractivity contribution in [2.45, 2.75) is 44.9 Å². The molecule has 96 valence electrons. The van der Waals surface area contributed by atoms with Crippen molar-refractivity contribution >= 4 is 10.1 Å². The number of hydrogen-bond donors (Lipinski definition) is 1. The van der Waals surface area contributed by atoms with Gasteiger partial charge in [0, 0.05) is 0 Å². The second kappa shape index (κ2) is 4.58. The third-order valence-electron chi connectivity index (χ3n) is 2.19. The van der Waals surface area contributed by atoms with Crippen LogP contribution in [0.2, 0.25) is 0 Å². The van der Waals surface area contributed by atoms with E-state index in [0.717, 1.165) is 6.26 Å². The minimum atomic E-state index is -3.55. The fourth-order valence-corrected chi connectivity index (χ4v) is 2.39. The molecule has 3 atom stereocenters. The topological polar surface area (TPSA) is 82.1 Å². The monoisotopic (exact) mass is 254 g/mol. The van der Waals surface area contributed by atoms with E-state index in [1.807, 2.05) is 0 Å². The van der Waals surface area contributed by atoms with Gasteiger partial charge in [-0.15, -0.1) is 0 Å². The second-order valence-corrected chi connectivity index (χ2v) is 5.93. The molecule has 0 spiro atoms. The Hall–Kier alpha value is -0.210. The molecule has 0 unspecified atom stereocenters. The van der Waals surface area contributed by atoms with Gasteiger partial charge in [-0.05, 0) is 20.8 Å². The molecule has 1 aliphatic rings. The molecule has 0 aromatic carbocycles. The van der Waals surface area contributed by atoms with E-state index < -0.39 is 34.2 Å². The van der Waals surface area contributed by atoms with Crippen molar-refractivity contribution < 1.29 is 27.2 Å². The summed E-state index contributed by atoms with van der Waals surface area (Å²) >= 11 is 0. The molecule has 16 heavy (non-hydrogen) atoms. The number of hydrogen-bond acceptors (Lipinski definition) is 6. The molecular formula is C9H18O6S. The Morgan fingerprint density at radius 1 is 1.44 bits per heavy atom. The molecule has 1 saturated heterocycles. The number of ether oxygens (including phenoxy) is 2. The lowest BCUT2D eigenvalue weighted by molar-refractivity contribution is -0.154. The molecule has 0 radical (unpaired) electrons. The zero-order chi connectivity index (χ0) is 12.6. The van der Waals surface area contributed by atoms with Crippen LogP contribution in [0.3, 0.4) is 0 Å². The maximum absolute atomic E-state index is 11.0. The number of rotatable bonds is 4.